The number of benzene rings is 1. The van der Waals surface area contributed by atoms with E-state index in [2.05, 4.69) is 0 Å². The average molecular weight is 222 g/mol. The van der Waals surface area contributed by atoms with E-state index in [1.807, 2.05) is 13.8 Å². The van der Waals surface area contributed by atoms with Crippen LogP contribution in [0.5, 0.6) is 11.5 Å². The summed E-state index contributed by atoms with van der Waals surface area (Å²) in [6, 6.07) is 4.29. The minimum Gasteiger partial charge on any atom is -0.508 e. The molecule has 0 saturated carbocycles. The van der Waals surface area contributed by atoms with Gasteiger partial charge in [-0.25, -0.2) is 0 Å². The molecular weight excluding hydrogens is 204 g/mol. The minimum atomic E-state index is -0.298. The number of phenols is 2. The van der Waals surface area contributed by atoms with E-state index in [9.17, 15) is 15.0 Å². The van der Waals surface area contributed by atoms with Gasteiger partial charge in [0.05, 0.1) is 0 Å². The second-order valence-corrected chi connectivity index (χ2v) is 4.22. The Bertz CT molecular complexity index is 365. The van der Waals surface area contributed by atoms with Gasteiger partial charge in [0.25, 0.3) is 0 Å². The van der Waals surface area contributed by atoms with E-state index in [-0.39, 0.29) is 29.1 Å². The molecule has 0 bridgehead atoms. The van der Waals surface area contributed by atoms with Gasteiger partial charge >= 0.3 is 0 Å². The summed E-state index contributed by atoms with van der Waals surface area (Å²) in [6.45, 7) is 5.65. The van der Waals surface area contributed by atoms with Crippen LogP contribution in [0.4, 0.5) is 0 Å². The van der Waals surface area contributed by atoms with Crippen molar-refractivity contribution in [3.63, 3.8) is 0 Å². The van der Waals surface area contributed by atoms with Crippen LogP contribution in [0.15, 0.2) is 18.2 Å². The van der Waals surface area contributed by atoms with Gasteiger partial charge in [-0.1, -0.05) is 20.8 Å². The Morgan fingerprint density at radius 2 is 1.69 bits per heavy atom. The summed E-state index contributed by atoms with van der Waals surface area (Å²) < 4.78 is 0. The summed E-state index contributed by atoms with van der Waals surface area (Å²) in [4.78, 5) is 11.9. The lowest BCUT2D eigenvalue weighted by Crippen LogP contribution is -2.17. The normalized spacial score (nSPS) is 14.4. The first-order valence-electron chi connectivity index (χ1n) is 5.52. The van der Waals surface area contributed by atoms with Crippen molar-refractivity contribution in [1.82, 2.24) is 0 Å². The first kappa shape index (κ1) is 12.6. The summed E-state index contributed by atoms with van der Waals surface area (Å²) in [5.74, 6) is -0.197. The Kier molecular flexibility index (Phi) is 3.93. The van der Waals surface area contributed by atoms with Crippen LogP contribution in [0.25, 0.3) is 0 Å². The standard InChI is InChI=1S/C13H18O3/c1-4-8(2)13(16)9(3)10-5-11(14)7-12(15)6-10/h5-9,14-15H,4H2,1-3H3. The van der Waals surface area contributed by atoms with Gasteiger partial charge in [0, 0.05) is 17.9 Å². The SMILES string of the molecule is CCC(C)C(=O)C(C)c1cc(O)cc(O)c1. The van der Waals surface area contributed by atoms with Crippen LogP contribution in [0.1, 0.15) is 38.7 Å². The lowest BCUT2D eigenvalue weighted by Gasteiger charge is -2.15. The summed E-state index contributed by atoms with van der Waals surface area (Å²) >= 11 is 0. The predicted octanol–water partition coefficient (Wildman–Crippen LogP) is 2.82. The van der Waals surface area contributed by atoms with Crippen LogP contribution in [0.3, 0.4) is 0 Å². The molecule has 3 heteroatoms. The van der Waals surface area contributed by atoms with Crippen molar-refractivity contribution in [1.29, 1.82) is 0 Å². The quantitative estimate of drug-likeness (QED) is 0.823. The zero-order chi connectivity index (χ0) is 12.3. The number of hydrogen-bond acceptors (Lipinski definition) is 3. The van der Waals surface area contributed by atoms with E-state index in [4.69, 9.17) is 0 Å². The molecule has 0 aromatic heterocycles. The Morgan fingerprint density at radius 3 is 2.12 bits per heavy atom. The van der Waals surface area contributed by atoms with Crippen LogP contribution in [-0.2, 0) is 4.79 Å². The number of hydrogen-bond donors (Lipinski definition) is 2. The number of aromatic hydroxyl groups is 2. The number of carbonyl (C=O) groups is 1. The Balaban J connectivity index is 2.95. The van der Waals surface area contributed by atoms with E-state index in [1.54, 1.807) is 6.92 Å². The van der Waals surface area contributed by atoms with E-state index >= 15 is 0 Å². The molecule has 1 aromatic rings. The van der Waals surface area contributed by atoms with Crippen molar-refractivity contribution in [2.75, 3.05) is 0 Å². The summed E-state index contributed by atoms with van der Waals surface area (Å²) in [5.41, 5.74) is 0.655. The summed E-state index contributed by atoms with van der Waals surface area (Å²) in [5, 5.41) is 18.7. The zero-order valence-corrected chi connectivity index (χ0v) is 9.90. The van der Waals surface area contributed by atoms with E-state index in [0.29, 0.717) is 5.56 Å². The third-order valence-electron chi connectivity index (χ3n) is 2.95. The highest BCUT2D eigenvalue weighted by Gasteiger charge is 2.20. The molecule has 3 nitrogen and oxygen atoms in total. The Labute approximate surface area is 95.7 Å². The molecule has 0 fully saturated rings. The van der Waals surface area contributed by atoms with Crippen LogP contribution in [0, 0.1) is 5.92 Å². The third kappa shape index (κ3) is 2.75. The number of phenolic OH excluding ortho intramolecular Hbond substituents is 2. The van der Waals surface area contributed by atoms with Gasteiger partial charge in [0.2, 0.25) is 0 Å². The number of rotatable bonds is 4. The van der Waals surface area contributed by atoms with Crippen molar-refractivity contribution in [3.8, 4) is 11.5 Å². The van der Waals surface area contributed by atoms with E-state index in [1.165, 1.54) is 18.2 Å². The maximum absolute atomic E-state index is 11.9. The smallest absolute Gasteiger partial charge is 0.142 e. The van der Waals surface area contributed by atoms with Gasteiger partial charge in [-0.2, -0.15) is 0 Å². The minimum absolute atomic E-state index is 0.000471. The molecule has 0 spiro atoms. The molecule has 16 heavy (non-hydrogen) atoms. The van der Waals surface area contributed by atoms with Gasteiger partial charge < -0.3 is 10.2 Å². The monoisotopic (exact) mass is 222 g/mol. The maximum Gasteiger partial charge on any atom is 0.142 e. The van der Waals surface area contributed by atoms with Gasteiger partial charge in [-0.05, 0) is 24.1 Å². The highest BCUT2D eigenvalue weighted by atomic mass is 16.3. The molecule has 1 aromatic carbocycles. The van der Waals surface area contributed by atoms with Crippen LogP contribution in [0.2, 0.25) is 0 Å². The maximum atomic E-state index is 11.9. The fourth-order valence-electron chi connectivity index (χ4n) is 1.66. The molecule has 0 heterocycles. The van der Waals surface area contributed by atoms with Crippen molar-refractivity contribution < 1.29 is 15.0 Å². The van der Waals surface area contributed by atoms with E-state index < -0.39 is 0 Å². The molecule has 2 atom stereocenters. The molecule has 0 aliphatic heterocycles. The molecule has 0 amide bonds. The highest BCUT2D eigenvalue weighted by Crippen LogP contribution is 2.28. The molecule has 88 valence electrons. The zero-order valence-electron chi connectivity index (χ0n) is 9.90. The average Bonchev–Trinajstić information content (AvgIpc) is 2.24. The molecule has 0 aliphatic rings. The molecule has 0 aliphatic carbocycles. The fraction of sp³-hybridized carbons (Fsp3) is 0.462. The van der Waals surface area contributed by atoms with Crippen molar-refractivity contribution in [2.24, 2.45) is 5.92 Å². The molecule has 2 N–H and O–H groups in total. The van der Waals surface area contributed by atoms with Gasteiger partial charge in [0.15, 0.2) is 0 Å². The number of Topliss-reactive ketones (excluding diaryl/α,β-unsaturated/α-hetero) is 1. The van der Waals surface area contributed by atoms with Crippen LogP contribution < -0.4 is 0 Å². The summed E-state index contributed by atoms with van der Waals surface area (Å²) in [7, 11) is 0. The second-order valence-electron chi connectivity index (χ2n) is 4.22. The Morgan fingerprint density at radius 1 is 1.19 bits per heavy atom. The van der Waals surface area contributed by atoms with Gasteiger partial charge in [0.1, 0.15) is 17.3 Å². The molecule has 0 radical (unpaired) electrons. The first-order chi connectivity index (χ1) is 7.45. The second kappa shape index (κ2) is 5.01. The lowest BCUT2D eigenvalue weighted by atomic mass is 9.88. The predicted molar refractivity (Wildman–Crippen MR) is 62.6 cm³/mol. The first-order valence-corrected chi connectivity index (χ1v) is 5.52. The largest absolute Gasteiger partial charge is 0.508 e. The number of ketones is 1. The Hall–Kier alpha value is -1.51. The van der Waals surface area contributed by atoms with Crippen molar-refractivity contribution >= 4 is 5.78 Å². The summed E-state index contributed by atoms with van der Waals surface area (Å²) in [6.07, 6.45) is 0.800. The van der Waals surface area contributed by atoms with Gasteiger partial charge in [-0.3, -0.25) is 4.79 Å². The molecule has 0 saturated heterocycles. The fourth-order valence-corrected chi connectivity index (χ4v) is 1.66. The van der Waals surface area contributed by atoms with Gasteiger partial charge in [-0.15, -0.1) is 0 Å². The number of carbonyl (C=O) groups excluding carboxylic acids is 1. The topological polar surface area (TPSA) is 57.5 Å². The lowest BCUT2D eigenvalue weighted by molar-refractivity contribution is -0.123. The molecule has 2 unspecified atom stereocenters. The van der Waals surface area contributed by atoms with Crippen LogP contribution >= 0.6 is 0 Å². The molecular formula is C13H18O3. The highest BCUT2D eigenvalue weighted by molar-refractivity contribution is 5.87. The molecule has 1 rings (SSSR count). The van der Waals surface area contributed by atoms with Crippen LogP contribution in [-0.4, -0.2) is 16.0 Å². The van der Waals surface area contributed by atoms with E-state index in [0.717, 1.165) is 6.42 Å². The van der Waals surface area contributed by atoms with Crippen molar-refractivity contribution in [2.45, 2.75) is 33.1 Å². The van der Waals surface area contributed by atoms with Crippen molar-refractivity contribution in [3.05, 3.63) is 23.8 Å². The third-order valence-corrected chi connectivity index (χ3v) is 2.95.